The number of rotatable bonds is 4. The van der Waals surface area contributed by atoms with E-state index in [0.717, 1.165) is 45.3 Å². The number of amides is 1. The Labute approximate surface area is 109 Å². The lowest BCUT2D eigenvalue weighted by Gasteiger charge is -2.28. The highest BCUT2D eigenvalue weighted by Crippen LogP contribution is 2.21. The average molecular weight is 247 g/mol. The first-order chi connectivity index (χ1) is 8.79. The number of carbonyl (C=O) groups excluding carboxylic acids is 1. The van der Waals surface area contributed by atoms with Crippen molar-refractivity contribution in [1.82, 2.24) is 4.90 Å². The maximum absolute atomic E-state index is 11.8. The first-order valence-electron chi connectivity index (χ1n) is 6.81. The summed E-state index contributed by atoms with van der Waals surface area (Å²) in [6.07, 6.45) is 15.3. The second kappa shape index (κ2) is 6.61. The van der Waals surface area contributed by atoms with Crippen molar-refractivity contribution in [2.75, 3.05) is 19.7 Å². The molecule has 0 radical (unpaired) electrons. The smallest absolute Gasteiger partial charge is 0.298 e. The van der Waals surface area contributed by atoms with Gasteiger partial charge in [0, 0.05) is 19.7 Å². The molecule has 0 saturated carbocycles. The summed E-state index contributed by atoms with van der Waals surface area (Å²) in [4.78, 5) is 13.6. The van der Waals surface area contributed by atoms with Gasteiger partial charge >= 0.3 is 0 Å². The van der Waals surface area contributed by atoms with Crippen LogP contribution in [0, 0.1) is 18.3 Å². The molecule has 3 heteroatoms. The van der Waals surface area contributed by atoms with Crippen molar-refractivity contribution in [2.45, 2.75) is 38.2 Å². The number of allylic oxidation sites excluding steroid dienone is 2. The minimum atomic E-state index is -0.194. The number of terminal acetylenes is 1. The van der Waals surface area contributed by atoms with E-state index in [1.165, 1.54) is 0 Å². The summed E-state index contributed by atoms with van der Waals surface area (Å²) in [7, 11) is 0. The van der Waals surface area contributed by atoms with Gasteiger partial charge in [-0.3, -0.25) is 4.79 Å². The van der Waals surface area contributed by atoms with E-state index in [9.17, 15) is 4.79 Å². The quantitative estimate of drug-likeness (QED) is 0.561. The lowest BCUT2D eigenvalue weighted by Crippen LogP contribution is -2.40. The third-order valence-corrected chi connectivity index (χ3v) is 3.71. The predicted molar refractivity (Wildman–Crippen MR) is 70.9 cm³/mol. The van der Waals surface area contributed by atoms with E-state index in [1.54, 1.807) is 4.90 Å². The first kappa shape index (κ1) is 13.2. The van der Waals surface area contributed by atoms with Crippen LogP contribution in [0.4, 0.5) is 0 Å². The van der Waals surface area contributed by atoms with Crippen LogP contribution in [0.5, 0.6) is 0 Å². The van der Waals surface area contributed by atoms with Crippen LogP contribution in [-0.2, 0) is 9.53 Å². The SMILES string of the molecule is C#CC(=O)N(CC1CC=CCC1)CC1CCCO1. The van der Waals surface area contributed by atoms with E-state index in [4.69, 9.17) is 11.2 Å². The first-order valence-corrected chi connectivity index (χ1v) is 6.81. The normalized spacial score (nSPS) is 26.8. The van der Waals surface area contributed by atoms with E-state index < -0.39 is 0 Å². The minimum absolute atomic E-state index is 0.182. The third-order valence-electron chi connectivity index (χ3n) is 3.71. The second-order valence-corrected chi connectivity index (χ2v) is 5.14. The van der Waals surface area contributed by atoms with Crippen molar-refractivity contribution in [1.29, 1.82) is 0 Å². The fourth-order valence-electron chi connectivity index (χ4n) is 2.70. The third kappa shape index (κ3) is 3.61. The zero-order valence-electron chi connectivity index (χ0n) is 10.8. The Morgan fingerprint density at radius 3 is 2.89 bits per heavy atom. The summed E-state index contributed by atoms with van der Waals surface area (Å²) in [6.45, 7) is 2.24. The van der Waals surface area contributed by atoms with E-state index in [2.05, 4.69) is 18.1 Å². The molecule has 1 saturated heterocycles. The van der Waals surface area contributed by atoms with Crippen LogP contribution in [0.3, 0.4) is 0 Å². The number of nitrogens with zero attached hydrogens (tertiary/aromatic N) is 1. The summed E-state index contributed by atoms with van der Waals surface area (Å²) < 4.78 is 5.59. The Hall–Kier alpha value is -1.27. The Morgan fingerprint density at radius 2 is 2.28 bits per heavy atom. The fourth-order valence-corrected chi connectivity index (χ4v) is 2.70. The van der Waals surface area contributed by atoms with Gasteiger partial charge in [0.2, 0.25) is 0 Å². The summed E-state index contributed by atoms with van der Waals surface area (Å²) in [5, 5.41) is 0. The molecule has 2 rings (SSSR count). The number of hydrogen-bond acceptors (Lipinski definition) is 2. The van der Waals surface area contributed by atoms with Crippen LogP contribution in [-0.4, -0.2) is 36.6 Å². The van der Waals surface area contributed by atoms with Crippen molar-refractivity contribution >= 4 is 5.91 Å². The summed E-state index contributed by atoms with van der Waals surface area (Å²) in [6, 6.07) is 0. The number of hydrogen-bond donors (Lipinski definition) is 0. The van der Waals surface area contributed by atoms with Crippen LogP contribution in [0.15, 0.2) is 12.2 Å². The van der Waals surface area contributed by atoms with Gasteiger partial charge in [-0.05, 0) is 43.9 Å². The molecular formula is C15H21NO2. The van der Waals surface area contributed by atoms with E-state index >= 15 is 0 Å². The number of ether oxygens (including phenoxy) is 1. The molecule has 2 atom stereocenters. The molecule has 98 valence electrons. The Bertz CT molecular complexity index is 350. The molecule has 2 unspecified atom stereocenters. The molecule has 0 aromatic rings. The van der Waals surface area contributed by atoms with E-state index in [-0.39, 0.29) is 12.0 Å². The van der Waals surface area contributed by atoms with Crippen molar-refractivity contribution in [2.24, 2.45) is 5.92 Å². The number of carbonyl (C=O) groups is 1. The molecule has 3 nitrogen and oxygen atoms in total. The maximum Gasteiger partial charge on any atom is 0.298 e. The largest absolute Gasteiger partial charge is 0.376 e. The van der Waals surface area contributed by atoms with Crippen LogP contribution >= 0.6 is 0 Å². The minimum Gasteiger partial charge on any atom is -0.376 e. The molecule has 1 aliphatic heterocycles. The monoisotopic (exact) mass is 247 g/mol. The second-order valence-electron chi connectivity index (χ2n) is 5.14. The molecule has 0 spiro atoms. The zero-order valence-corrected chi connectivity index (χ0v) is 10.8. The molecule has 1 aliphatic carbocycles. The molecule has 1 heterocycles. The predicted octanol–water partition coefficient (Wildman–Crippen LogP) is 1.98. The lowest BCUT2D eigenvalue weighted by atomic mass is 9.94. The van der Waals surface area contributed by atoms with Gasteiger partial charge in [0.25, 0.3) is 5.91 Å². The molecule has 0 bridgehead atoms. The summed E-state index contributed by atoms with van der Waals surface area (Å²) in [5.74, 6) is 2.60. The van der Waals surface area contributed by atoms with Crippen molar-refractivity contribution in [3.05, 3.63) is 12.2 Å². The average Bonchev–Trinajstić information content (AvgIpc) is 2.91. The van der Waals surface area contributed by atoms with Gasteiger partial charge in [-0.1, -0.05) is 12.2 Å². The Kier molecular flexibility index (Phi) is 4.83. The molecule has 18 heavy (non-hydrogen) atoms. The van der Waals surface area contributed by atoms with Crippen LogP contribution < -0.4 is 0 Å². The molecule has 2 aliphatic rings. The van der Waals surface area contributed by atoms with Crippen LogP contribution in [0.1, 0.15) is 32.1 Å². The topological polar surface area (TPSA) is 29.5 Å². The zero-order chi connectivity index (χ0) is 12.8. The Balaban J connectivity index is 1.89. The molecule has 1 fully saturated rings. The van der Waals surface area contributed by atoms with Crippen LogP contribution in [0.25, 0.3) is 0 Å². The summed E-state index contributed by atoms with van der Waals surface area (Å²) >= 11 is 0. The lowest BCUT2D eigenvalue weighted by molar-refractivity contribution is -0.127. The summed E-state index contributed by atoms with van der Waals surface area (Å²) in [5.41, 5.74) is 0. The molecule has 0 N–H and O–H groups in total. The molecule has 0 aromatic carbocycles. The Morgan fingerprint density at radius 1 is 1.39 bits per heavy atom. The van der Waals surface area contributed by atoms with Crippen LogP contribution in [0.2, 0.25) is 0 Å². The van der Waals surface area contributed by atoms with Gasteiger partial charge in [0.15, 0.2) is 0 Å². The van der Waals surface area contributed by atoms with Gasteiger partial charge in [0.1, 0.15) is 0 Å². The fraction of sp³-hybridized carbons (Fsp3) is 0.667. The van der Waals surface area contributed by atoms with Gasteiger partial charge in [0.05, 0.1) is 6.10 Å². The molecular weight excluding hydrogens is 226 g/mol. The maximum atomic E-state index is 11.8. The molecule has 1 amide bonds. The molecule has 0 aromatic heterocycles. The van der Waals surface area contributed by atoms with Crippen molar-refractivity contribution in [3.63, 3.8) is 0 Å². The highest BCUT2D eigenvalue weighted by Gasteiger charge is 2.24. The van der Waals surface area contributed by atoms with Crippen molar-refractivity contribution in [3.8, 4) is 12.3 Å². The van der Waals surface area contributed by atoms with Gasteiger partial charge in [-0.25, -0.2) is 0 Å². The van der Waals surface area contributed by atoms with Gasteiger partial charge in [-0.15, -0.1) is 6.42 Å². The van der Waals surface area contributed by atoms with Gasteiger partial charge in [-0.2, -0.15) is 0 Å². The highest BCUT2D eigenvalue weighted by atomic mass is 16.5. The standard InChI is InChI=1S/C15H21NO2/c1-2-15(17)16(12-14-9-6-10-18-14)11-13-7-4-3-5-8-13/h1,3-4,13-14H,5-12H2. The van der Waals surface area contributed by atoms with E-state index in [0.29, 0.717) is 12.5 Å². The van der Waals surface area contributed by atoms with E-state index in [1.807, 2.05) is 0 Å². The van der Waals surface area contributed by atoms with Crippen molar-refractivity contribution < 1.29 is 9.53 Å². The highest BCUT2D eigenvalue weighted by molar-refractivity contribution is 5.92. The van der Waals surface area contributed by atoms with Gasteiger partial charge < -0.3 is 9.64 Å².